The molecule has 3 fully saturated rings. The topological polar surface area (TPSA) is 285 Å². The molecule has 0 spiro atoms. The first kappa shape index (κ1) is 89.0. The highest BCUT2D eigenvalue weighted by atomic mass is 16.5. The number of hydrogen-bond acceptors (Lipinski definition) is 16. The van der Waals surface area contributed by atoms with Crippen molar-refractivity contribution < 1.29 is 72.1 Å². The summed E-state index contributed by atoms with van der Waals surface area (Å²) in [6.45, 7) is 33.3. The van der Waals surface area contributed by atoms with E-state index in [1.54, 1.807) is 80.2 Å². The third-order valence-electron chi connectivity index (χ3n) is 21.3. The summed E-state index contributed by atoms with van der Waals surface area (Å²) in [5, 5.41) is 15.1. The molecular weight excluding hydrogens is 1290 g/mol. The van der Waals surface area contributed by atoms with E-state index in [1.807, 2.05) is 47.6 Å². The Balaban J connectivity index is 2.29. The lowest BCUT2D eigenvalue weighted by Crippen LogP contribution is -2.63. The van der Waals surface area contributed by atoms with E-state index in [2.05, 4.69) is 10.2 Å². The summed E-state index contributed by atoms with van der Waals surface area (Å²) in [7, 11) is 10.1. The van der Waals surface area contributed by atoms with Crippen LogP contribution in [0.15, 0.2) is 12.2 Å². The lowest BCUT2D eigenvalue weighted by molar-refractivity contribution is -0.157. The maximum Gasteiger partial charge on any atom is 0.248 e. The highest BCUT2D eigenvalue weighted by molar-refractivity contribution is 6.00. The molecule has 14 atom stereocenters. The second-order valence-corrected chi connectivity index (χ2v) is 31.5. The molecule has 2 N–H and O–H groups in total. The van der Waals surface area contributed by atoms with E-state index in [0.29, 0.717) is 51.9 Å². The van der Waals surface area contributed by atoms with Crippen molar-refractivity contribution in [1.82, 2.24) is 49.4 Å². The third kappa shape index (κ3) is 24.5. The van der Waals surface area contributed by atoms with Crippen LogP contribution in [0.1, 0.15) is 182 Å². The highest BCUT2D eigenvalue weighted by Gasteiger charge is 2.47. The molecule has 25 nitrogen and oxygen atoms in total. The first-order valence-electron chi connectivity index (χ1n) is 37.3. The number of amides is 9. The zero-order chi connectivity index (χ0) is 76.9. The molecule has 3 saturated heterocycles. The Morgan fingerprint density at radius 3 is 1.53 bits per heavy atom. The van der Waals surface area contributed by atoms with Crippen LogP contribution in [0.2, 0.25) is 0 Å². The summed E-state index contributed by atoms with van der Waals surface area (Å²) in [6.07, 6.45) is 3.81. The fourth-order valence-corrected chi connectivity index (χ4v) is 14.5. The minimum Gasteiger partial charge on any atom is -0.390 e. The molecule has 101 heavy (non-hydrogen) atoms. The number of likely N-dealkylation sites (N-methyl/N-ethyl adjacent to an activating group) is 7. The van der Waals surface area contributed by atoms with Gasteiger partial charge in [-0.25, -0.2) is 0 Å². The van der Waals surface area contributed by atoms with Gasteiger partial charge in [-0.3, -0.25) is 62.4 Å². The van der Waals surface area contributed by atoms with Gasteiger partial charge in [0.2, 0.25) is 53.2 Å². The van der Waals surface area contributed by atoms with Gasteiger partial charge >= 0.3 is 0 Å². The van der Waals surface area contributed by atoms with E-state index < -0.39 is 161 Å². The number of aliphatic hydroxyl groups is 1. The molecule has 0 unspecified atom stereocenters. The molecule has 0 aromatic carbocycles. The van der Waals surface area contributed by atoms with Gasteiger partial charge in [0.05, 0.1) is 24.8 Å². The molecular formula is C76H132N10O15. The standard InChI is InChI=1S/C76H132N10O15/c1-25-27-28-50(13)68(91)67-69(92)77-57(26-2)73(96)78(18)54(17)71(94)83(23)66(53(16)43-101-44-64(90)86-33-31-85(32-34-86)55-29-35-100-36-30-55)63(89)42-56(48(9)10)72(95)79(19)58(37-45(3)4)62(88)40-51(14)61(87)41-52(15)70(93)80(20)59(38-46(5)6)74(97)81(21)60(39-47(7)8)75(98)82(22)65(49(11)12)76(99)84(67)24/h25,27,45-60,65-68,91H,26,28-44H2,1-24H3,(H,77,92)/b27-25+/t50-,51-,52+,53-,54-,56+,57+,58+,59+,60+,65+,66+,67+,68-/m1/s1. The van der Waals surface area contributed by atoms with Crippen molar-refractivity contribution in [3.8, 4) is 0 Å². The minimum atomic E-state index is -1.65. The number of rotatable bonds is 19. The molecule has 0 aromatic heterocycles. The number of carbonyl (C=O) groups excluding carboxylic acids is 12. The number of nitrogens with one attached hydrogen (secondary N) is 1. The quantitative estimate of drug-likeness (QED) is 0.143. The van der Waals surface area contributed by atoms with Crippen molar-refractivity contribution in [3.63, 3.8) is 0 Å². The van der Waals surface area contributed by atoms with Crippen LogP contribution in [0.5, 0.6) is 0 Å². The molecule has 576 valence electrons. The summed E-state index contributed by atoms with van der Waals surface area (Å²) >= 11 is 0. The smallest absolute Gasteiger partial charge is 0.248 e. The Kier molecular flexibility index (Phi) is 36.4. The van der Waals surface area contributed by atoms with Crippen LogP contribution < -0.4 is 5.32 Å². The van der Waals surface area contributed by atoms with E-state index in [-0.39, 0.29) is 81.2 Å². The van der Waals surface area contributed by atoms with Gasteiger partial charge in [0, 0.05) is 138 Å². The van der Waals surface area contributed by atoms with Gasteiger partial charge in [0.1, 0.15) is 48.6 Å². The van der Waals surface area contributed by atoms with E-state index in [4.69, 9.17) is 9.47 Å². The lowest BCUT2D eigenvalue weighted by Gasteiger charge is -2.41. The number of ether oxygens (including phenoxy) is 2. The van der Waals surface area contributed by atoms with Gasteiger partial charge in [0.15, 0.2) is 11.6 Å². The average molecular weight is 1430 g/mol. The molecule has 0 aromatic rings. The van der Waals surface area contributed by atoms with E-state index in [0.717, 1.165) is 22.6 Å². The van der Waals surface area contributed by atoms with Gasteiger partial charge in [-0.15, -0.1) is 0 Å². The van der Waals surface area contributed by atoms with E-state index >= 15 is 33.6 Å². The second kappa shape index (κ2) is 41.3. The van der Waals surface area contributed by atoms with Gasteiger partial charge in [-0.05, 0) is 94.3 Å². The number of nitrogens with zero attached hydrogens (tertiary/aromatic N) is 9. The van der Waals surface area contributed by atoms with Crippen LogP contribution in [-0.2, 0) is 67.0 Å². The number of hydrogen-bond donors (Lipinski definition) is 2. The van der Waals surface area contributed by atoms with E-state index in [9.17, 15) is 29.1 Å². The van der Waals surface area contributed by atoms with Crippen molar-refractivity contribution in [2.24, 2.45) is 59.2 Å². The summed E-state index contributed by atoms with van der Waals surface area (Å²) < 4.78 is 11.7. The molecule has 3 aliphatic rings. The van der Waals surface area contributed by atoms with E-state index in [1.165, 1.54) is 80.8 Å². The predicted octanol–water partition coefficient (Wildman–Crippen LogP) is 5.86. The normalized spacial score (nSPS) is 28.0. The summed E-state index contributed by atoms with van der Waals surface area (Å²) in [4.78, 5) is 192. The average Bonchev–Trinajstić information content (AvgIpc) is 0.804. The molecule has 3 aliphatic heterocycles. The van der Waals surface area contributed by atoms with Gasteiger partial charge in [-0.2, -0.15) is 0 Å². The molecule has 0 bridgehead atoms. The van der Waals surface area contributed by atoms with Gasteiger partial charge in [-0.1, -0.05) is 116 Å². The van der Waals surface area contributed by atoms with Crippen LogP contribution in [0.4, 0.5) is 0 Å². The van der Waals surface area contributed by atoms with Crippen LogP contribution in [0, 0.1) is 59.2 Å². The monoisotopic (exact) mass is 1420 g/mol. The number of piperazine rings is 1. The first-order chi connectivity index (χ1) is 47.1. The predicted molar refractivity (Wildman–Crippen MR) is 389 cm³/mol. The van der Waals surface area contributed by atoms with Crippen molar-refractivity contribution in [2.75, 3.05) is 102 Å². The Morgan fingerprint density at radius 1 is 0.545 bits per heavy atom. The first-order valence-corrected chi connectivity index (χ1v) is 37.3. The number of carbonyl (C=O) groups is 12. The minimum absolute atomic E-state index is 0.0176. The molecule has 3 rings (SSSR count). The number of Topliss-reactive ketones (excluding diaryl/α,β-unsaturated/α-hetero) is 3. The second-order valence-electron chi connectivity index (χ2n) is 31.5. The lowest BCUT2D eigenvalue weighted by atomic mass is 9.83. The Bertz CT molecular complexity index is 2820. The van der Waals surface area contributed by atoms with Crippen molar-refractivity contribution in [3.05, 3.63) is 12.2 Å². The summed E-state index contributed by atoms with van der Waals surface area (Å²) in [6, 6.07) is -9.74. The van der Waals surface area contributed by atoms with Crippen molar-refractivity contribution in [1.29, 1.82) is 0 Å². The number of ketones is 3. The molecule has 0 aliphatic carbocycles. The van der Waals surface area contributed by atoms with Crippen molar-refractivity contribution in [2.45, 2.75) is 242 Å². The zero-order valence-corrected chi connectivity index (χ0v) is 66.1. The Labute approximate surface area is 605 Å². The molecule has 3 heterocycles. The Hall–Kier alpha value is -6.18. The number of aliphatic hydroxyl groups excluding tert-OH is 1. The van der Waals surface area contributed by atoms with Crippen LogP contribution in [0.3, 0.4) is 0 Å². The molecule has 0 radical (unpaired) electrons. The zero-order valence-electron chi connectivity index (χ0n) is 66.1. The molecule has 25 heteroatoms. The fourth-order valence-electron chi connectivity index (χ4n) is 14.5. The van der Waals surface area contributed by atoms with Crippen molar-refractivity contribution >= 4 is 70.5 Å². The highest BCUT2D eigenvalue weighted by Crippen LogP contribution is 2.30. The van der Waals surface area contributed by atoms with Crippen LogP contribution in [-0.4, -0.2) is 282 Å². The fraction of sp³-hybridized carbons (Fsp3) is 0.816. The van der Waals surface area contributed by atoms with Gasteiger partial charge < -0.3 is 59.1 Å². The summed E-state index contributed by atoms with van der Waals surface area (Å²) in [5.41, 5.74) is 0. The number of allylic oxidation sites excluding steroid dienone is 2. The third-order valence-corrected chi connectivity index (χ3v) is 21.3. The SMILES string of the molecule is C/C=C/C[C@@H](C)[C@@H](O)[C@H]1C(=O)N[C@@H](CC)C(=O)N(C)[C@H](C)C(=O)N(C)[C@@H]([C@H](C)COCC(=O)N2CCN(C3CCOCC3)CC2)C(=O)C[C@@H](C(C)C)C(=O)N(C)[C@@H](CC(C)C)C(=O)C[C@@H](C)C(=O)C[C@H](C)C(=O)N(C)[C@@H](CC(C)C)C(=O)N(C)[C@@H](CC(C)C)C(=O)N(C)[C@@H](C(C)C)C(=O)N1C. The largest absolute Gasteiger partial charge is 0.390 e. The molecule has 9 amide bonds. The van der Waals surface area contributed by atoms with Crippen LogP contribution >= 0.6 is 0 Å². The Morgan fingerprint density at radius 2 is 1.03 bits per heavy atom. The van der Waals surface area contributed by atoms with Gasteiger partial charge in [0.25, 0.3) is 0 Å². The maximum atomic E-state index is 15.4. The van der Waals surface area contributed by atoms with Crippen LogP contribution in [0.25, 0.3) is 0 Å². The summed E-state index contributed by atoms with van der Waals surface area (Å²) in [5.74, 6) is -12.6. The molecule has 0 saturated carbocycles. The maximum absolute atomic E-state index is 15.4.